The SMILES string of the molecule is N#Cc1ccc(S(=O)(=O)N2CCN(c3ccc(N4CCN(CC5CCCO5)CC4)nn3)CC2)cc1. The van der Waals surface area contributed by atoms with Crippen molar-refractivity contribution in [1.29, 1.82) is 5.26 Å². The van der Waals surface area contributed by atoms with Crippen LogP contribution >= 0.6 is 0 Å². The molecule has 4 heterocycles. The van der Waals surface area contributed by atoms with Crippen LogP contribution in [-0.4, -0.2) is 99.4 Å². The minimum Gasteiger partial charge on any atom is -0.377 e. The Morgan fingerprint density at radius 3 is 2.00 bits per heavy atom. The maximum absolute atomic E-state index is 12.9. The molecule has 1 atom stereocenters. The Morgan fingerprint density at radius 2 is 1.49 bits per heavy atom. The van der Waals surface area contributed by atoms with Gasteiger partial charge in [0.1, 0.15) is 0 Å². The van der Waals surface area contributed by atoms with Crippen LogP contribution in [0.4, 0.5) is 11.6 Å². The lowest BCUT2D eigenvalue weighted by Crippen LogP contribution is -2.49. The number of anilines is 2. The van der Waals surface area contributed by atoms with Gasteiger partial charge in [0.2, 0.25) is 10.0 Å². The monoisotopic (exact) mass is 497 g/mol. The molecule has 186 valence electrons. The van der Waals surface area contributed by atoms with Crippen LogP contribution < -0.4 is 9.80 Å². The van der Waals surface area contributed by atoms with Crippen LogP contribution in [0.1, 0.15) is 18.4 Å². The van der Waals surface area contributed by atoms with Gasteiger partial charge in [-0.05, 0) is 49.2 Å². The van der Waals surface area contributed by atoms with Crippen LogP contribution in [0.15, 0.2) is 41.3 Å². The van der Waals surface area contributed by atoms with E-state index in [0.717, 1.165) is 51.0 Å². The van der Waals surface area contributed by atoms with Gasteiger partial charge in [0, 0.05) is 65.5 Å². The highest BCUT2D eigenvalue weighted by Gasteiger charge is 2.29. The first-order valence-electron chi connectivity index (χ1n) is 12.2. The Morgan fingerprint density at radius 1 is 0.886 bits per heavy atom. The Balaban J connectivity index is 1.13. The molecule has 0 saturated carbocycles. The standard InChI is InChI=1S/C24H31N7O3S/c25-18-20-3-5-22(6-4-20)35(32,33)31-15-13-30(14-16-31)24-8-7-23(26-27-24)29-11-9-28(10-12-29)19-21-2-1-17-34-21/h3-8,21H,1-2,9-17,19H2. The smallest absolute Gasteiger partial charge is 0.243 e. The average molecular weight is 498 g/mol. The molecule has 1 aromatic heterocycles. The van der Waals surface area contributed by atoms with Crippen molar-refractivity contribution in [3.05, 3.63) is 42.0 Å². The number of hydrogen-bond acceptors (Lipinski definition) is 9. The summed E-state index contributed by atoms with van der Waals surface area (Å²) in [6.45, 7) is 7.60. The second kappa shape index (κ2) is 10.5. The van der Waals surface area contributed by atoms with Crippen molar-refractivity contribution < 1.29 is 13.2 Å². The molecule has 11 heteroatoms. The lowest BCUT2D eigenvalue weighted by atomic mass is 10.2. The van der Waals surface area contributed by atoms with E-state index in [0.29, 0.717) is 37.8 Å². The van der Waals surface area contributed by atoms with Crippen molar-refractivity contribution >= 4 is 21.7 Å². The van der Waals surface area contributed by atoms with Crippen molar-refractivity contribution in [3.8, 4) is 6.07 Å². The molecule has 3 saturated heterocycles. The van der Waals surface area contributed by atoms with Crippen LogP contribution in [0.5, 0.6) is 0 Å². The topological polar surface area (TPSA) is 106 Å². The Kier molecular flexibility index (Phi) is 7.15. The lowest BCUT2D eigenvalue weighted by molar-refractivity contribution is 0.0712. The zero-order chi connectivity index (χ0) is 24.3. The number of ether oxygens (including phenoxy) is 1. The first-order chi connectivity index (χ1) is 17.0. The summed E-state index contributed by atoms with van der Waals surface area (Å²) in [7, 11) is -3.58. The molecule has 0 aliphatic carbocycles. The highest BCUT2D eigenvalue weighted by atomic mass is 32.2. The molecule has 3 aliphatic rings. The van der Waals surface area contributed by atoms with Gasteiger partial charge in [-0.3, -0.25) is 4.90 Å². The van der Waals surface area contributed by atoms with E-state index >= 15 is 0 Å². The zero-order valence-corrected chi connectivity index (χ0v) is 20.6. The van der Waals surface area contributed by atoms with Gasteiger partial charge in [-0.1, -0.05) is 0 Å². The van der Waals surface area contributed by atoms with E-state index in [1.807, 2.05) is 18.2 Å². The van der Waals surface area contributed by atoms with E-state index in [1.54, 1.807) is 0 Å². The predicted octanol–water partition coefficient (Wildman–Crippen LogP) is 1.16. The largest absolute Gasteiger partial charge is 0.377 e. The summed E-state index contributed by atoms with van der Waals surface area (Å²) in [5.41, 5.74) is 0.441. The van der Waals surface area contributed by atoms with E-state index in [4.69, 9.17) is 10.00 Å². The van der Waals surface area contributed by atoms with Crippen LogP contribution in [0, 0.1) is 11.3 Å². The number of hydrogen-bond donors (Lipinski definition) is 0. The van der Waals surface area contributed by atoms with E-state index in [-0.39, 0.29) is 4.90 Å². The Labute approximate surface area is 206 Å². The number of aromatic nitrogens is 2. The summed E-state index contributed by atoms with van der Waals surface area (Å²) in [4.78, 5) is 7.02. The number of nitriles is 1. The molecule has 0 bridgehead atoms. The van der Waals surface area contributed by atoms with Gasteiger partial charge < -0.3 is 14.5 Å². The molecule has 5 rings (SSSR count). The van der Waals surface area contributed by atoms with E-state index in [2.05, 4.69) is 24.9 Å². The molecule has 0 radical (unpaired) electrons. The van der Waals surface area contributed by atoms with Gasteiger partial charge in [0.15, 0.2) is 11.6 Å². The van der Waals surface area contributed by atoms with E-state index in [9.17, 15) is 8.42 Å². The van der Waals surface area contributed by atoms with Gasteiger partial charge in [0.05, 0.1) is 22.6 Å². The number of rotatable bonds is 6. The summed E-state index contributed by atoms with van der Waals surface area (Å²) in [5, 5.41) is 17.8. The highest BCUT2D eigenvalue weighted by Crippen LogP contribution is 2.22. The molecule has 1 unspecified atom stereocenters. The minimum atomic E-state index is -3.58. The maximum Gasteiger partial charge on any atom is 0.243 e. The summed E-state index contributed by atoms with van der Waals surface area (Å²) < 4.78 is 33.2. The second-order valence-electron chi connectivity index (χ2n) is 9.20. The number of benzene rings is 1. The number of piperazine rings is 2. The quantitative estimate of drug-likeness (QED) is 0.581. The molecule has 10 nitrogen and oxygen atoms in total. The molecule has 3 fully saturated rings. The normalized spacial score (nSPS) is 22.3. The van der Waals surface area contributed by atoms with E-state index in [1.165, 1.54) is 41.4 Å². The van der Waals surface area contributed by atoms with Gasteiger partial charge in [-0.25, -0.2) is 8.42 Å². The van der Waals surface area contributed by atoms with E-state index < -0.39 is 10.0 Å². The molecule has 2 aromatic rings. The molecular weight excluding hydrogens is 466 g/mol. The highest BCUT2D eigenvalue weighted by molar-refractivity contribution is 7.89. The van der Waals surface area contributed by atoms with Crippen LogP contribution in [-0.2, 0) is 14.8 Å². The molecule has 1 aromatic carbocycles. The minimum absolute atomic E-state index is 0.213. The molecule has 3 aliphatic heterocycles. The van der Waals surface area contributed by atoms with Crippen molar-refractivity contribution in [2.45, 2.75) is 23.8 Å². The Bertz CT molecular complexity index is 1130. The van der Waals surface area contributed by atoms with Crippen molar-refractivity contribution in [2.24, 2.45) is 0 Å². The summed E-state index contributed by atoms with van der Waals surface area (Å²) >= 11 is 0. The maximum atomic E-state index is 12.9. The fourth-order valence-corrected chi connectivity index (χ4v) is 6.32. The fourth-order valence-electron chi connectivity index (χ4n) is 4.90. The third-order valence-corrected chi connectivity index (χ3v) is 8.92. The van der Waals surface area contributed by atoms with Crippen molar-refractivity contribution in [3.63, 3.8) is 0 Å². The van der Waals surface area contributed by atoms with Crippen LogP contribution in [0.2, 0.25) is 0 Å². The third-order valence-electron chi connectivity index (χ3n) is 7.00. The number of nitrogens with zero attached hydrogens (tertiary/aromatic N) is 7. The van der Waals surface area contributed by atoms with Gasteiger partial charge in [0.25, 0.3) is 0 Å². The predicted molar refractivity (Wildman–Crippen MR) is 132 cm³/mol. The van der Waals surface area contributed by atoms with Crippen LogP contribution in [0.25, 0.3) is 0 Å². The first kappa shape index (κ1) is 23.9. The van der Waals surface area contributed by atoms with Gasteiger partial charge in [-0.2, -0.15) is 9.57 Å². The average Bonchev–Trinajstić information content (AvgIpc) is 3.42. The van der Waals surface area contributed by atoms with Crippen molar-refractivity contribution in [1.82, 2.24) is 19.4 Å². The van der Waals surface area contributed by atoms with Crippen molar-refractivity contribution in [2.75, 3.05) is 75.3 Å². The molecule has 0 spiro atoms. The van der Waals surface area contributed by atoms with Gasteiger partial charge in [-0.15, -0.1) is 10.2 Å². The molecular formula is C24H31N7O3S. The fraction of sp³-hybridized carbons (Fsp3) is 0.542. The summed E-state index contributed by atoms with van der Waals surface area (Å²) in [6.07, 6.45) is 2.73. The first-order valence-corrected chi connectivity index (χ1v) is 13.6. The number of sulfonamides is 1. The summed E-state index contributed by atoms with van der Waals surface area (Å²) in [5.74, 6) is 1.65. The zero-order valence-electron chi connectivity index (χ0n) is 19.8. The summed E-state index contributed by atoms with van der Waals surface area (Å²) in [6, 6.07) is 12.1. The third kappa shape index (κ3) is 5.41. The second-order valence-corrected chi connectivity index (χ2v) is 11.1. The molecule has 0 N–H and O–H groups in total. The van der Waals surface area contributed by atoms with Crippen LogP contribution in [0.3, 0.4) is 0 Å². The Hall–Kier alpha value is -2.78. The van der Waals surface area contributed by atoms with Gasteiger partial charge >= 0.3 is 0 Å². The molecule has 35 heavy (non-hydrogen) atoms. The lowest BCUT2D eigenvalue weighted by Gasteiger charge is -2.36. The molecule has 0 amide bonds.